The molecule has 0 atom stereocenters. The van der Waals surface area contributed by atoms with Crippen molar-refractivity contribution in [3.8, 4) is 0 Å². The van der Waals surface area contributed by atoms with Crippen LogP contribution in [0.5, 0.6) is 0 Å². The number of carboxylic acids is 1. The summed E-state index contributed by atoms with van der Waals surface area (Å²) in [5.41, 5.74) is 0.335. The predicted molar refractivity (Wildman–Crippen MR) is 75.4 cm³/mol. The molecule has 2 N–H and O–H groups in total. The molecule has 0 bridgehead atoms. The van der Waals surface area contributed by atoms with E-state index in [-0.39, 0.29) is 12.6 Å². The number of rotatable bonds is 5. The molecule has 20 heavy (non-hydrogen) atoms. The second-order valence-electron chi connectivity index (χ2n) is 5.45. The molecule has 0 aliphatic heterocycles. The molecule has 0 radical (unpaired) electrons. The highest BCUT2D eigenvalue weighted by Gasteiger charge is 2.28. The normalized spacial score (nSPS) is 10.9. The summed E-state index contributed by atoms with van der Waals surface area (Å²) in [5, 5.41) is 11.6. The molecule has 0 aliphatic carbocycles. The van der Waals surface area contributed by atoms with Gasteiger partial charge in [-0.3, -0.25) is 9.78 Å². The van der Waals surface area contributed by atoms with Gasteiger partial charge in [0.15, 0.2) is 0 Å². The molecule has 1 aromatic rings. The fourth-order valence-electron chi connectivity index (χ4n) is 1.69. The van der Waals surface area contributed by atoms with Crippen molar-refractivity contribution in [2.45, 2.75) is 32.7 Å². The Morgan fingerprint density at radius 3 is 2.55 bits per heavy atom. The number of carbonyl (C=O) groups is 2. The summed E-state index contributed by atoms with van der Waals surface area (Å²) in [6.07, 6.45) is 2.31. The lowest BCUT2D eigenvalue weighted by Gasteiger charge is -2.34. The van der Waals surface area contributed by atoms with Crippen molar-refractivity contribution in [2.24, 2.45) is 0 Å². The Morgan fingerprint density at radius 2 is 2.05 bits per heavy atom. The summed E-state index contributed by atoms with van der Waals surface area (Å²) >= 11 is 0. The number of nitrogens with zero attached hydrogens (tertiary/aromatic N) is 2. The van der Waals surface area contributed by atoms with Gasteiger partial charge in [0.25, 0.3) is 0 Å². The molecule has 6 heteroatoms. The highest BCUT2D eigenvalue weighted by Crippen LogP contribution is 2.12. The summed E-state index contributed by atoms with van der Waals surface area (Å²) in [6.45, 7) is 5.50. The Hall–Kier alpha value is -2.11. The van der Waals surface area contributed by atoms with E-state index in [1.165, 1.54) is 4.90 Å². The molecule has 0 saturated carbocycles. The van der Waals surface area contributed by atoms with Crippen LogP contribution in [0.4, 0.5) is 4.79 Å². The van der Waals surface area contributed by atoms with E-state index in [4.69, 9.17) is 5.11 Å². The van der Waals surface area contributed by atoms with E-state index in [0.29, 0.717) is 13.0 Å². The van der Waals surface area contributed by atoms with Crippen LogP contribution in [0.3, 0.4) is 0 Å². The van der Waals surface area contributed by atoms with Crippen molar-refractivity contribution in [1.29, 1.82) is 0 Å². The van der Waals surface area contributed by atoms with Gasteiger partial charge < -0.3 is 15.3 Å². The minimum Gasteiger partial charge on any atom is -0.480 e. The number of nitrogens with one attached hydrogen (secondary N) is 1. The van der Waals surface area contributed by atoms with Crippen molar-refractivity contribution in [1.82, 2.24) is 15.2 Å². The van der Waals surface area contributed by atoms with Crippen molar-refractivity contribution < 1.29 is 14.7 Å². The summed E-state index contributed by atoms with van der Waals surface area (Å²) in [7, 11) is 0. The summed E-state index contributed by atoms with van der Waals surface area (Å²) in [6, 6.07) is 5.22. The minimum atomic E-state index is -1.03. The van der Waals surface area contributed by atoms with Gasteiger partial charge in [0.05, 0.1) is 0 Å². The molecule has 0 fully saturated rings. The summed E-state index contributed by atoms with van der Waals surface area (Å²) in [4.78, 5) is 28.3. The highest BCUT2D eigenvalue weighted by molar-refractivity contribution is 5.80. The van der Waals surface area contributed by atoms with E-state index in [2.05, 4.69) is 10.3 Å². The minimum absolute atomic E-state index is 0.321. The fraction of sp³-hybridized carbons (Fsp3) is 0.500. The third-order valence-electron chi connectivity index (χ3n) is 2.73. The molecule has 0 spiro atoms. The van der Waals surface area contributed by atoms with Crippen LogP contribution in [0.25, 0.3) is 0 Å². The van der Waals surface area contributed by atoms with Crippen molar-refractivity contribution >= 4 is 12.0 Å². The first kappa shape index (κ1) is 15.9. The Morgan fingerprint density at radius 1 is 1.35 bits per heavy atom. The second kappa shape index (κ2) is 6.88. The van der Waals surface area contributed by atoms with Crippen LogP contribution in [0.2, 0.25) is 0 Å². The molecule has 0 aliphatic rings. The monoisotopic (exact) mass is 279 g/mol. The van der Waals surface area contributed by atoms with Crippen molar-refractivity contribution in [2.75, 3.05) is 13.1 Å². The van der Waals surface area contributed by atoms with Gasteiger partial charge in [-0.1, -0.05) is 6.07 Å². The van der Waals surface area contributed by atoms with E-state index < -0.39 is 11.5 Å². The molecule has 1 heterocycles. The molecule has 0 saturated heterocycles. The standard InChI is InChI=1S/C14H21N3O3/c1-14(2,3)17(10-12(18)19)13(20)16-9-7-11-6-4-5-8-15-11/h4-6,8H,7,9-10H2,1-3H3,(H,16,20)(H,18,19). The van der Waals surface area contributed by atoms with Crippen LogP contribution in [0, 0.1) is 0 Å². The molecule has 1 rings (SSSR count). The van der Waals surface area contributed by atoms with E-state index in [0.717, 1.165) is 5.69 Å². The second-order valence-corrected chi connectivity index (χ2v) is 5.45. The zero-order chi connectivity index (χ0) is 15.2. The molecule has 2 amide bonds. The van der Waals surface area contributed by atoms with E-state index >= 15 is 0 Å². The number of aliphatic carboxylic acids is 1. The largest absolute Gasteiger partial charge is 0.480 e. The summed E-state index contributed by atoms with van der Waals surface area (Å²) < 4.78 is 0. The van der Waals surface area contributed by atoms with E-state index in [9.17, 15) is 9.59 Å². The van der Waals surface area contributed by atoms with Crippen LogP contribution in [0.15, 0.2) is 24.4 Å². The average Bonchev–Trinajstić information content (AvgIpc) is 2.35. The van der Waals surface area contributed by atoms with Crippen LogP contribution in [-0.2, 0) is 11.2 Å². The zero-order valence-electron chi connectivity index (χ0n) is 12.1. The maximum atomic E-state index is 12.0. The Balaban J connectivity index is 2.52. The van der Waals surface area contributed by atoms with Gasteiger partial charge >= 0.3 is 12.0 Å². The smallest absolute Gasteiger partial charge is 0.323 e. The third-order valence-corrected chi connectivity index (χ3v) is 2.73. The highest BCUT2D eigenvalue weighted by atomic mass is 16.4. The first-order chi connectivity index (χ1) is 9.30. The van der Waals surface area contributed by atoms with Gasteiger partial charge in [0.2, 0.25) is 0 Å². The lowest BCUT2D eigenvalue weighted by atomic mass is 10.1. The van der Waals surface area contributed by atoms with Gasteiger partial charge in [0.1, 0.15) is 6.54 Å². The molecule has 110 valence electrons. The predicted octanol–water partition coefficient (Wildman–Crippen LogP) is 1.52. The lowest BCUT2D eigenvalue weighted by molar-refractivity contribution is -0.138. The number of amides is 2. The fourth-order valence-corrected chi connectivity index (χ4v) is 1.69. The van der Waals surface area contributed by atoms with E-state index in [1.807, 2.05) is 18.2 Å². The van der Waals surface area contributed by atoms with Crippen LogP contribution >= 0.6 is 0 Å². The van der Waals surface area contributed by atoms with Gasteiger partial charge in [-0.2, -0.15) is 0 Å². The average molecular weight is 279 g/mol. The Bertz CT molecular complexity index is 454. The quantitative estimate of drug-likeness (QED) is 0.856. The number of hydrogen-bond acceptors (Lipinski definition) is 3. The number of carboxylic acid groups (broad SMARTS) is 1. The zero-order valence-corrected chi connectivity index (χ0v) is 12.1. The third kappa shape index (κ3) is 5.26. The molecule has 1 aromatic heterocycles. The SMILES string of the molecule is CC(C)(C)N(CC(=O)O)C(=O)NCCc1ccccn1. The Labute approximate surface area is 118 Å². The number of aromatic nitrogens is 1. The molecule has 0 unspecified atom stereocenters. The van der Waals surface area contributed by atoms with Crippen LogP contribution < -0.4 is 5.32 Å². The van der Waals surface area contributed by atoms with Gasteiger partial charge in [-0.05, 0) is 32.9 Å². The van der Waals surface area contributed by atoms with Crippen LogP contribution in [-0.4, -0.2) is 45.6 Å². The molecular formula is C14H21N3O3. The maximum Gasteiger partial charge on any atom is 0.323 e. The molecule has 6 nitrogen and oxygen atoms in total. The lowest BCUT2D eigenvalue weighted by Crippen LogP contribution is -2.52. The van der Waals surface area contributed by atoms with Gasteiger partial charge in [-0.25, -0.2) is 4.79 Å². The Kier molecular flexibility index (Phi) is 5.49. The van der Waals surface area contributed by atoms with E-state index in [1.54, 1.807) is 27.0 Å². The topological polar surface area (TPSA) is 82.5 Å². The van der Waals surface area contributed by atoms with Gasteiger partial charge in [-0.15, -0.1) is 0 Å². The first-order valence-electron chi connectivity index (χ1n) is 6.48. The van der Waals surface area contributed by atoms with Crippen molar-refractivity contribution in [3.63, 3.8) is 0 Å². The molecular weight excluding hydrogens is 258 g/mol. The van der Waals surface area contributed by atoms with Crippen LogP contribution in [0.1, 0.15) is 26.5 Å². The number of carbonyl (C=O) groups excluding carboxylic acids is 1. The van der Waals surface area contributed by atoms with Crippen molar-refractivity contribution in [3.05, 3.63) is 30.1 Å². The first-order valence-corrected chi connectivity index (χ1v) is 6.48. The number of hydrogen-bond donors (Lipinski definition) is 2. The number of urea groups is 1. The summed E-state index contributed by atoms with van der Waals surface area (Å²) in [5.74, 6) is -1.03. The number of pyridine rings is 1. The maximum absolute atomic E-state index is 12.0. The molecule has 0 aromatic carbocycles. The van der Waals surface area contributed by atoms with Gasteiger partial charge in [0, 0.05) is 30.4 Å².